The zero-order chi connectivity index (χ0) is 14.0. The van der Waals surface area contributed by atoms with E-state index in [2.05, 4.69) is 22.9 Å². The molecule has 0 radical (unpaired) electrons. The van der Waals surface area contributed by atoms with Crippen molar-refractivity contribution in [3.8, 4) is 0 Å². The molecule has 6 heteroatoms. The fraction of sp³-hybridized carbons (Fsp3) is 0.500. The van der Waals surface area contributed by atoms with E-state index in [-0.39, 0.29) is 24.4 Å². The van der Waals surface area contributed by atoms with Crippen molar-refractivity contribution in [1.29, 1.82) is 0 Å². The molecule has 2 rings (SSSR count). The van der Waals surface area contributed by atoms with E-state index in [4.69, 9.17) is 5.73 Å². The molecule has 0 saturated carbocycles. The second-order valence-electron chi connectivity index (χ2n) is 5.08. The Labute approximate surface area is 133 Å². The van der Waals surface area contributed by atoms with Crippen LogP contribution in [0.3, 0.4) is 0 Å². The van der Waals surface area contributed by atoms with Gasteiger partial charge in [0.15, 0.2) is 0 Å². The molecule has 20 heavy (non-hydrogen) atoms. The van der Waals surface area contributed by atoms with Crippen molar-refractivity contribution in [2.75, 3.05) is 13.1 Å². The third-order valence-electron chi connectivity index (χ3n) is 3.73. The van der Waals surface area contributed by atoms with Gasteiger partial charge in [0.25, 0.3) is 5.91 Å². The molecule has 2 atom stereocenters. The molecule has 0 aromatic heterocycles. The van der Waals surface area contributed by atoms with Gasteiger partial charge in [-0.15, -0.1) is 12.4 Å². The summed E-state index contributed by atoms with van der Waals surface area (Å²) >= 11 is 3.21. The molecule has 0 aliphatic carbocycles. The zero-order valence-electron chi connectivity index (χ0n) is 11.3. The summed E-state index contributed by atoms with van der Waals surface area (Å²) < 4.78 is 14.0. The van der Waals surface area contributed by atoms with Crippen molar-refractivity contribution in [3.63, 3.8) is 0 Å². The van der Waals surface area contributed by atoms with Gasteiger partial charge in [-0.3, -0.25) is 4.79 Å². The summed E-state index contributed by atoms with van der Waals surface area (Å²) in [6.45, 7) is 3.25. The van der Waals surface area contributed by atoms with Gasteiger partial charge in [0.05, 0.1) is 0 Å². The molecular formula is C14H19BrClFN2O. The highest BCUT2D eigenvalue weighted by atomic mass is 79.9. The maximum atomic E-state index is 13.4. The number of halogens is 3. The Morgan fingerprint density at radius 2 is 2.20 bits per heavy atom. The van der Waals surface area contributed by atoms with Crippen LogP contribution in [0.2, 0.25) is 0 Å². The summed E-state index contributed by atoms with van der Waals surface area (Å²) in [6, 6.07) is 4.32. The molecule has 1 aromatic rings. The molecule has 0 bridgehead atoms. The fourth-order valence-corrected chi connectivity index (χ4v) is 3.17. The summed E-state index contributed by atoms with van der Waals surface area (Å²) in [5.74, 6) is -0.158. The van der Waals surface area contributed by atoms with Crippen molar-refractivity contribution in [2.45, 2.75) is 25.8 Å². The summed E-state index contributed by atoms with van der Waals surface area (Å²) in [7, 11) is 0. The second kappa shape index (κ2) is 7.38. The van der Waals surface area contributed by atoms with Gasteiger partial charge in [0, 0.05) is 29.2 Å². The molecule has 0 spiro atoms. The average Bonchev–Trinajstić information content (AvgIpc) is 2.36. The molecule has 1 heterocycles. The van der Waals surface area contributed by atoms with Gasteiger partial charge in [0.2, 0.25) is 0 Å². The minimum absolute atomic E-state index is 0. The van der Waals surface area contributed by atoms with E-state index in [9.17, 15) is 9.18 Å². The number of nitrogens with two attached hydrogens (primary N) is 1. The predicted octanol–water partition coefficient (Wildman–Crippen LogP) is 3.21. The lowest BCUT2D eigenvalue weighted by Gasteiger charge is -2.39. The Hall–Kier alpha value is -0.650. The van der Waals surface area contributed by atoms with Crippen LogP contribution in [0.5, 0.6) is 0 Å². The first-order valence-corrected chi connectivity index (χ1v) is 7.29. The maximum Gasteiger partial charge on any atom is 0.254 e. The second-order valence-corrected chi connectivity index (χ2v) is 5.99. The van der Waals surface area contributed by atoms with E-state index in [1.807, 2.05) is 0 Å². The SMILES string of the molecule is CC1CCCN(C(=O)c2cc(F)cc(Br)c2)C1CN.Cl. The Morgan fingerprint density at radius 1 is 1.50 bits per heavy atom. The van der Waals surface area contributed by atoms with Gasteiger partial charge in [0.1, 0.15) is 5.82 Å². The highest BCUT2D eigenvalue weighted by molar-refractivity contribution is 9.10. The number of carbonyl (C=O) groups excluding carboxylic acids is 1. The summed E-state index contributed by atoms with van der Waals surface area (Å²) in [6.07, 6.45) is 2.05. The molecular weight excluding hydrogens is 347 g/mol. The highest BCUT2D eigenvalue weighted by Gasteiger charge is 2.31. The number of carbonyl (C=O) groups is 1. The van der Waals surface area contributed by atoms with E-state index in [1.165, 1.54) is 12.1 Å². The summed E-state index contributed by atoms with van der Waals surface area (Å²) in [5, 5.41) is 0. The first kappa shape index (κ1) is 17.4. The van der Waals surface area contributed by atoms with E-state index in [0.29, 0.717) is 29.0 Å². The molecule has 2 unspecified atom stereocenters. The number of hydrogen-bond acceptors (Lipinski definition) is 2. The number of hydrogen-bond donors (Lipinski definition) is 1. The summed E-state index contributed by atoms with van der Waals surface area (Å²) in [4.78, 5) is 14.3. The molecule has 1 aliphatic rings. The molecule has 2 N–H and O–H groups in total. The van der Waals surface area contributed by atoms with Crippen molar-refractivity contribution >= 4 is 34.2 Å². The van der Waals surface area contributed by atoms with E-state index in [1.54, 1.807) is 11.0 Å². The van der Waals surface area contributed by atoms with Gasteiger partial charge >= 0.3 is 0 Å². The minimum atomic E-state index is -0.410. The fourth-order valence-electron chi connectivity index (χ4n) is 2.70. The van der Waals surface area contributed by atoms with Crippen LogP contribution in [0.15, 0.2) is 22.7 Å². The van der Waals surface area contributed by atoms with E-state index < -0.39 is 5.82 Å². The van der Waals surface area contributed by atoms with Crippen molar-refractivity contribution in [2.24, 2.45) is 11.7 Å². The van der Waals surface area contributed by atoms with Crippen LogP contribution in [-0.2, 0) is 0 Å². The number of likely N-dealkylation sites (tertiary alicyclic amines) is 1. The molecule has 1 amide bonds. The van der Waals surface area contributed by atoms with Crippen LogP contribution in [0.1, 0.15) is 30.1 Å². The third kappa shape index (κ3) is 3.71. The lowest BCUT2D eigenvalue weighted by molar-refractivity contribution is 0.0532. The molecule has 3 nitrogen and oxygen atoms in total. The van der Waals surface area contributed by atoms with Crippen molar-refractivity contribution in [3.05, 3.63) is 34.1 Å². The average molecular weight is 366 g/mol. The quantitative estimate of drug-likeness (QED) is 0.875. The van der Waals surface area contributed by atoms with Crippen LogP contribution >= 0.6 is 28.3 Å². The number of piperidine rings is 1. The number of amides is 1. The largest absolute Gasteiger partial charge is 0.334 e. The number of benzene rings is 1. The Bertz CT molecular complexity index is 466. The van der Waals surface area contributed by atoms with E-state index >= 15 is 0 Å². The Kier molecular flexibility index (Phi) is 6.43. The smallest absolute Gasteiger partial charge is 0.254 e. The van der Waals surface area contributed by atoms with Gasteiger partial charge in [-0.05, 0) is 37.0 Å². The van der Waals surface area contributed by atoms with Gasteiger partial charge < -0.3 is 10.6 Å². The Balaban J connectivity index is 0.00000200. The topological polar surface area (TPSA) is 46.3 Å². The van der Waals surface area contributed by atoms with Gasteiger partial charge in [-0.25, -0.2) is 4.39 Å². The lowest BCUT2D eigenvalue weighted by atomic mass is 9.90. The molecule has 112 valence electrons. The minimum Gasteiger partial charge on any atom is -0.334 e. The number of rotatable bonds is 2. The van der Waals surface area contributed by atoms with Crippen LogP contribution < -0.4 is 5.73 Å². The van der Waals surface area contributed by atoms with Crippen LogP contribution in [0.25, 0.3) is 0 Å². The van der Waals surface area contributed by atoms with Crippen molar-refractivity contribution < 1.29 is 9.18 Å². The third-order valence-corrected chi connectivity index (χ3v) is 4.19. The highest BCUT2D eigenvalue weighted by Crippen LogP contribution is 2.25. The summed E-state index contributed by atoms with van der Waals surface area (Å²) in [5.41, 5.74) is 6.16. The molecule has 1 aliphatic heterocycles. The first-order valence-electron chi connectivity index (χ1n) is 6.50. The molecule has 1 aromatic carbocycles. The predicted molar refractivity (Wildman–Crippen MR) is 83.6 cm³/mol. The van der Waals surface area contributed by atoms with Crippen LogP contribution in [-0.4, -0.2) is 29.9 Å². The number of nitrogens with zero attached hydrogens (tertiary/aromatic N) is 1. The lowest BCUT2D eigenvalue weighted by Crippen LogP contribution is -2.51. The molecule has 1 fully saturated rings. The Morgan fingerprint density at radius 3 is 2.80 bits per heavy atom. The standard InChI is InChI=1S/C14H18BrFN2O.ClH/c1-9-3-2-4-18(13(9)8-17)14(19)10-5-11(15)7-12(16)6-10;/h5-7,9,13H,2-4,8,17H2,1H3;1H. The van der Waals surface area contributed by atoms with Crippen LogP contribution in [0.4, 0.5) is 4.39 Å². The monoisotopic (exact) mass is 364 g/mol. The molecule has 1 saturated heterocycles. The maximum absolute atomic E-state index is 13.4. The normalized spacial score (nSPS) is 22.3. The zero-order valence-corrected chi connectivity index (χ0v) is 13.7. The van der Waals surface area contributed by atoms with Gasteiger partial charge in [-0.2, -0.15) is 0 Å². The van der Waals surface area contributed by atoms with Gasteiger partial charge in [-0.1, -0.05) is 22.9 Å². The van der Waals surface area contributed by atoms with Crippen molar-refractivity contribution in [1.82, 2.24) is 4.90 Å². The first-order chi connectivity index (χ1) is 9.02. The van der Waals surface area contributed by atoms with Crippen LogP contribution in [0, 0.1) is 11.7 Å². The van der Waals surface area contributed by atoms with E-state index in [0.717, 1.165) is 12.8 Å².